The third-order valence-electron chi connectivity index (χ3n) is 3.63. The zero-order valence-electron chi connectivity index (χ0n) is 14.5. The molecule has 0 heterocycles. The van der Waals surface area contributed by atoms with E-state index in [2.05, 4.69) is 20.4 Å². The van der Waals surface area contributed by atoms with Crippen molar-refractivity contribution in [2.75, 3.05) is 0 Å². The van der Waals surface area contributed by atoms with Crippen LogP contribution in [0.15, 0.2) is 12.7 Å². The summed E-state index contributed by atoms with van der Waals surface area (Å²) in [6, 6.07) is 0. The van der Waals surface area contributed by atoms with Crippen molar-refractivity contribution >= 4 is 5.97 Å². The Morgan fingerprint density at radius 3 is 1.05 bits per heavy atom. The molecule has 0 unspecified atom stereocenters. The molecule has 0 aliphatic rings. The number of hydrogen-bond donors (Lipinski definition) is 1. The first-order valence-corrected chi connectivity index (χ1v) is 9.04. The largest absolute Gasteiger partial charge is 0.478 e. The van der Waals surface area contributed by atoms with Crippen molar-refractivity contribution in [3.8, 4) is 0 Å². The Kier molecular flexibility index (Phi) is 23.0. The van der Waals surface area contributed by atoms with E-state index in [9.17, 15) is 4.79 Å². The summed E-state index contributed by atoms with van der Waals surface area (Å²) >= 11 is 0. The Morgan fingerprint density at radius 1 is 0.714 bits per heavy atom. The van der Waals surface area contributed by atoms with E-state index in [1.165, 1.54) is 89.9 Å². The number of hydrogen-bond acceptors (Lipinski definition) is 1. The first-order chi connectivity index (χ1) is 10.2. The van der Waals surface area contributed by atoms with Crippen LogP contribution in [0.2, 0.25) is 0 Å². The molecule has 0 aliphatic heterocycles. The first kappa shape index (κ1) is 22.5. The van der Waals surface area contributed by atoms with Gasteiger partial charge in [0, 0.05) is 6.08 Å². The highest BCUT2D eigenvalue weighted by Crippen LogP contribution is 2.12. The molecular weight excluding hydrogens is 260 g/mol. The molecule has 0 amide bonds. The van der Waals surface area contributed by atoms with Gasteiger partial charge < -0.3 is 5.11 Å². The van der Waals surface area contributed by atoms with Gasteiger partial charge in [0.2, 0.25) is 0 Å². The summed E-state index contributed by atoms with van der Waals surface area (Å²) in [5, 5.41) is 7.60. The van der Waals surface area contributed by atoms with Crippen LogP contribution in [0.5, 0.6) is 0 Å². The van der Waals surface area contributed by atoms with Gasteiger partial charge in [0.05, 0.1) is 0 Å². The van der Waals surface area contributed by atoms with E-state index >= 15 is 0 Å². The summed E-state index contributed by atoms with van der Waals surface area (Å²) < 4.78 is 0. The van der Waals surface area contributed by atoms with Crippen LogP contribution in [0.3, 0.4) is 0 Å². The van der Waals surface area contributed by atoms with Gasteiger partial charge >= 0.3 is 5.97 Å². The summed E-state index contributed by atoms with van der Waals surface area (Å²) in [6.45, 7) is 7.54. The lowest BCUT2D eigenvalue weighted by atomic mass is 10.0. The second kappa shape index (κ2) is 21.5. The molecule has 0 atom stereocenters. The van der Waals surface area contributed by atoms with Crippen LogP contribution in [0.4, 0.5) is 0 Å². The normalized spacial score (nSPS) is 9.81. The van der Waals surface area contributed by atoms with Crippen molar-refractivity contribution in [1.82, 2.24) is 0 Å². The van der Waals surface area contributed by atoms with Gasteiger partial charge in [0.25, 0.3) is 0 Å². The average molecular weight is 299 g/mol. The monoisotopic (exact) mass is 298 g/mol. The van der Waals surface area contributed by atoms with Gasteiger partial charge in [-0.3, -0.25) is 0 Å². The fourth-order valence-corrected chi connectivity index (χ4v) is 2.27. The van der Waals surface area contributed by atoms with Crippen molar-refractivity contribution in [1.29, 1.82) is 0 Å². The number of carbonyl (C=O) groups is 1. The maximum atomic E-state index is 9.25. The maximum Gasteiger partial charge on any atom is 0.327 e. The van der Waals surface area contributed by atoms with E-state index in [0.717, 1.165) is 6.08 Å². The summed E-state index contributed by atoms with van der Waals surface area (Å²) in [5.74, 6) is -0.981. The van der Waals surface area contributed by atoms with Crippen LogP contribution in [0.25, 0.3) is 0 Å². The molecule has 21 heavy (non-hydrogen) atoms. The molecule has 0 saturated heterocycles. The maximum absolute atomic E-state index is 9.25. The SMILES string of the molecule is C=CC(=O)O.CCCCCCCCCCCCCCCC. The highest BCUT2D eigenvalue weighted by Gasteiger charge is 1.92. The van der Waals surface area contributed by atoms with Crippen LogP contribution in [0, 0.1) is 0 Å². The van der Waals surface area contributed by atoms with Gasteiger partial charge in [-0.25, -0.2) is 4.79 Å². The Hall–Kier alpha value is -0.790. The zero-order chi connectivity index (χ0) is 16.2. The minimum Gasteiger partial charge on any atom is -0.478 e. The Bertz CT molecular complexity index is 198. The molecule has 2 nitrogen and oxygen atoms in total. The minimum atomic E-state index is -0.981. The molecule has 0 aliphatic carbocycles. The topological polar surface area (TPSA) is 37.3 Å². The standard InChI is InChI=1S/C16H34.C3H4O2/c1-3-5-7-9-11-13-15-16-14-12-10-8-6-4-2;1-2-3(4)5/h3-16H2,1-2H3;2H,1H2,(H,4,5). The van der Waals surface area contributed by atoms with Crippen molar-refractivity contribution in [3.05, 3.63) is 12.7 Å². The van der Waals surface area contributed by atoms with E-state index in [0.29, 0.717) is 0 Å². The van der Waals surface area contributed by atoms with Gasteiger partial charge in [-0.2, -0.15) is 0 Å². The van der Waals surface area contributed by atoms with Crippen LogP contribution < -0.4 is 0 Å². The third-order valence-corrected chi connectivity index (χ3v) is 3.63. The van der Waals surface area contributed by atoms with Crippen molar-refractivity contribution < 1.29 is 9.90 Å². The molecule has 126 valence electrons. The lowest BCUT2D eigenvalue weighted by molar-refractivity contribution is -0.131. The summed E-state index contributed by atoms with van der Waals surface area (Å²) in [6.07, 6.45) is 21.3. The lowest BCUT2D eigenvalue weighted by Gasteiger charge is -2.02. The molecule has 0 spiro atoms. The van der Waals surface area contributed by atoms with E-state index in [1.807, 2.05) is 0 Å². The highest BCUT2D eigenvalue weighted by atomic mass is 16.4. The summed E-state index contributed by atoms with van der Waals surface area (Å²) in [7, 11) is 0. The van der Waals surface area contributed by atoms with E-state index in [-0.39, 0.29) is 0 Å². The van der Waals surface area contributed by atoms with Crippen molar-refractivity contribution in [3.63, 3.8) is 0 Å². The van der Waals surface area contributed by atoms with E-state index in [4.69, 9.17) is 5.11 Å². The van der Waals surface area contributed by atoms with Crippen LogP contribution >= 0.6 is 0 Å². The van der Waals surface area contributed by atoms with Gasteiger partial charge in [-0.1, -0.05) is 110 Å². The first-order valence-electron chi connectivity index (χ1n) is 9.04. The van der Waals surface area contributed by atoms with Gasteiger partial charge in [-0.15, -0.1) is 0 Å². The number of unbranched alkanes of at least 4 members (excludes halogenated alkanes) is 13. The smallest absolute Gasteiger partial charge is 0.327 e. The van der Waals surface area contributed by atoms with Gasteiger partial charge in [0.15, 0.2) is 0 Å². The van der Waals surface area contributed by atoms with Crippen molar-refractivity contribution in [2.45, 2.75) is 104 Å². The molecule has 0 aromatic carbocycles. The van der Waals surface area contributed by atoms with E-state index in [1.54, 1.807) is 0 Å². The summed E-state index contributed by atoms with van der Waals surface area (Å²) in [4.78, 5) is 9.25. The van der Waals surface area contributed by atoms with Crippen LogP contribution in [-0.4, -0.2) is 11.1 Å². The predicted octanol–water partition coefficient (Wildman–Crippen LogP) is 6.74. The lowest BCUT2D eigenvalue weighted by Crippen LogP contribution is -1.82. The van der Waals surface area contributed by atoms with Crippen molar-refractivity contribution in [2.24, 2.45) is 0 Å². The third kappa shape index (κ3) is 28.2. The van der Waals surface area contributed by atoms with Gasteiger partial charge in [0.1, 0.15) is 0 Å². The van der Waals surface area contributed by atoms with Crippen LogP contribution in [0.1, 0.15) is 104 Å². The van der Waals surface area contributed by atoms with Crippen LogP contribution in [-0.2, 0) is 4.79 Å². The fraction of sp³-hybridized carbons (Fsp3) is 0.842. The molecule has 0 saturated carbocycles. The number of rotatable bonds is 14. The molecule has 0 aromatic rings. The molecule has 0 rings (SSSR count). The fourth-order valence-electron chi connectivity index (χ4n) is 2.27. The number of carboxylic acids is 1. The minimum absolute atomic E-state index is 0.833. The molecule has 0 radical (unpaired) electrons. The Morgan fingerprint density at radius 2 is 0.905 bits per heavy atom. The zero-order valence-corrected chi connectivity index (χ0v) is 14.5. The average Bonchev–Trinajstić information content (AvgIpc) is 2.49. The number of carboxylic acid groups (broad SMARTS) is 1. The summed E-state index contributed by atoms with van der Waals surface area (Å²) in [5.41, 5.74) is 0. The number of aliphatic carboxylic acids is 1. The molecule has 0 fully saturated rings. The Balaban J connectivity index is 0. The van der Waals surface area contributed by atoms with Gasteiger partial charge in [-0.05, 0) is 0 Å². The Labute approximate surface area is 133 Å². The predicted molar refractivity (Wildman–Crippen MR) is 93.8 cm³/mol. The van der Waals surface area contributed by atoms with E-state index < -0.39 is 5.97 Å². The molecule has 2 heteroatoms. The molecule has 1 N–H and O–H groups in total. The molecule has 0 bridgehead atoms. The highest BCUT2D eigenvalue weighted by molar-refractivity contribution is 5.78. The molecular formula is C19H38O2. The quantitative estimate of drug-likeness (QED) is 0.284. The second-order valence-electron chi connectivity index (χ2n) is 5.79. The molecule has 0 aromatic heterocycles. The second-order valence-corrected chi connectivity index (χ2v) is 5.79.